The van der Waals surface area contributed by atoms with Gasteiger partial charge in [-0.15, -0.1) is 0 Å². The Labute approximate surface area is 118 Å². The Morgan fingerprint density at radius 2 is 1.85 bits per heavy atom. The zero-order valence-corrected chi connectivity index (χ0v) is 11.3. The maximum Gasteiger partial charge on any atom is 0.255 e. The van der Waals surface area contributed by atoms with Crippen LogP contribution in [0.3, 0.4) is 0 Å². The molecular formula is C17H16N2O. The highest BCUT2D eigenvalue weighted by Crippen LogP contribution is 2.16. The lowest BCUT2D eigenvalue weighted by atomic mass is 10.1. The normalized spacial score (nSPS) is 9.50. The van der Waals surface area contributed by atoms with Crippen LogP contribution in [-0.2, 0) is 0 Å². The Balaban J connectivity index is 2.27. The molecule has 0 aliphatic rings. The molecule has 0 heterocycles. The summed E-state index contributed by atoms with van der Waals surface area (Å²) in [6, 6.07) is 14.9. The predicted octanol–water partition coefficient (Wildman–Crippen LogP) is 2.56. The molecule has 0 radical (unpaired) electrons. The molecule has 100 valence electrons. The van der Waals surface area contributed by atoms with Crippen LogP contribution in [-0.4, -0.2) is 12.5 Å². The number of nitrogens with two attached hydrogens (primary N) is 1. The fraction of sp³-hybridized carbons (Fsp3) is 0.118. The number of carbonyl (C=O) groups is 1. The minimum Gasteiger partial charge on any atom is -0.321 e. The first-order valence-corrected chi connectivity index (χ1v) is 6.37. The van der Waals surface area contributed by atoms with Crippen LogP contribution in [0.1, 0.15) is 21.5 Å². The molecule has 3 nitrogen and oxygen atoms in total. The average Bonchev–Trinajstić information content (AvgIpc) is 2.46. The lowest BCUT2D eigenvalue weighted by Gasteiger charge is -2.09. The van der Waals surface area contributed by atoms with Gasteiger partial charge in [0, 0.05) is 11.1 Å². The summed E-state index contributed by atoms with van der Waals surface area (Å²) in [6.45, 7) is 2.20. The van der Waals surface area contributed by atoms with E-state index >= 15 is 0 Å². The Morgan fingerprint density at radius 1 is 1.15 bits per heavy atom. The first kappa shape index (κ1) is 13.9. The second-order valence-corrected chi connectivity index (χ2v) is 4.32. The molecule has 0 saturated heterocycles. The lowest BCUT2D eigenvalue weighted by Crippen LogP contribution is -2.14. The molecule has 0 aliphatic heterocycles. The SMILES string of the molecule is Cc1ccccc1C(=O)Nc1ccccc1C#CCN. The molecule has 0 spiro atoms. The smallest absolute Gasteiger partial charge is 0.255 e. The first-order valence-electron chi connectivity index (χ1n) is 6.37. The quantitative estimate of drug-likeness (QED) is 0.819. The van der Waals surface area contributed by atoms with Crippen LogP contribution >= 0.6 is 0 Å². The summed E-state index contributed by atoms with van der Waals surface area (Å²) in [5, 5.41) is 2.89. The summed E-state index contributed by atoms with van der Waals surface area (Å²) >= 11 is 0. The van der Waals surface area contributed by atoms with E-state index in [4.69, 9.17) is 5.73 Å². The highest BCUT2D eigenvalue weighted by atomic mass is 16.1. The second kappa shape index (κ2) is 6.55. The minimum atomic E-state index is -0.134. The van der Waals surface area contributed by atoms with Gasteiger partial charge < -0.3 is 11.1 Å². The first-order chi connectivity index (χ1) is 9.72. The molecule has 0 aromatic heterocycles. The van der Waals surface area contributed by atoms with E-state index in [1.807, 2.05) is 49.4 Å². The second-order valence-electron chi connectivity index (χ2n) is 4.32. The molecule has 2 rings (SSSR count). The van der Waals surface area contributed by atoms with Crippen LogP contribution in [0.4, 0.5) is 5.69 Å². The van der Waals surface area contributed by atoms with Gasteiger partial charge in [0.2, 0.25) is 0 Å². The van der Waals surface area contributed by atoms with Gasteiger partial charge in [-0.1, -0.05) is 42.2 Å². The number of para-hydroxylation sites is 1. The van der Waals surface area contributed by atoms with Crippen molar-refractivity contribution in [2.45, 2.75) is 6.92 Å². The molecule has 2 aromatic carbocycles. The maximum atomic E-state index is 12.3. The van der Waals surface area contributed by atoms with Crippen molar-refractivity contribution in [2.75, 3.05) is 11.9 Å². The standard InChI is InChI=1S/C17H16N2O/c1-13-7-2-4-10-15(13)17(20)19-16-11-5-3-8-14(16)9-6-12-18/h2-5,7-8,10-11H,12,18H2,1H3,(H,19,20). The summed E-state index contributed by atoms with van der Waals surface area (Å²) in [6.07, 6.45) is 0. The fourth-order valence-corrected chi connectivity index (χ4v) is 1.86. The van der Waals surface area contributed by atoms with Gasteiger partial charge in [-0.05, 0) is 30.7 Å². The third-order valence-corrected chi connectivity index (χ3v) is 2.89. The summed E-state index contributed by atoms with van der Waals surface area (Å²) in [5.41, 5.74) is 8.44. The number of hydrogen-bond acceptors (Lipinski definition) is 2. The van der Waals surface area contributed by atoms with E-state index in [0.717, 1.165) is 11.1 Å². The summed E-state index contributed by atoms with van der Waals surface area (Å²) < 4.78 is 0. The van der Waals surface area contributed by atoms with Gasteiger partial charge in [0.05, 0.1) is 12.2 Å². The third kappa shape index (κ3) is 3.25. The number of rotatable bonds is 2. The number of nitrogens with one attached hydrogen (secondary N) is 1. The fourth-order valence-electron chi connectivity index (χ4n) is 1.86. The molecule has 0 bridgehead atoms. The summed E-state index contributed by atoms with van der Waals surface area (Å²) in [4.78, 5) is 12.3. The molecule has 3 N–H and O–H groups in total. The van der Waals surface area contributed by atoms with Crippen LogP contribution in [0, 0.1) is 18.8 Å². The lowest BCUT2D eigenvalue weighted by molar-refractivity contribution is 0.102. The van der Waals surface area contributed by atoms with Gasteiger partial charge in [-0.25, -0.2) is 0 Å². The Morgan fingerprint density at radius 3 is 2.60 bits per heavy atom. The monoisotopic (exact) mass is 264 g/mol. The van der Waals surface area contributed by atoms with Crippen molar-refractivity contribution in [3.8, 4) is 11.8 Å². The van der Waals surface area contributed by atoms with E-state index in [9.17, 15) is 4.79 Å². The predicted molar refractivity (Wildman–Crippen MR) is 81.5 cm³/mol. The van der Waals surface area contributed by atoms with Gasteiger partial charge in [-0.3, -0.25) is 4.79 Å². The van der Waals surface area contributed by atoms with E-state index in [1.165, 1.54) is 0 Å². The third-order valence-electron chi connectivity index (χ3n) is 2.89. The number of aryl methyl sites for hydroxylation is 1. The molecule has 3 heteroatoms. The van der Waals surface area contributed by atoms with Crippen LogP contribution in [0.15, 0.2) is 48.5 Å². The Hall–Kier alpha value is -2.57. The molecule has 0 unspecified atom stereocenters. The highest BCUT2D eigenvalue weighted by molar-refractivity contribution is 6.05. The van der Waals surface area contributed by atoms with Crippen molar-refractivity contribution in [3.05, 3.63) is 65.2 Å². The largest absolute Gasteiger partial charge is 0.321 e. The molecule has 20 heavy (non-hydrogen) atoms. The van der Waals surface area contributed by atoms with E-state index in [2.05, 4.69) is 17.2 Å². The van der Waals surface area contributed by atoms with Gasteiger partial charge in [-0.2, -0.15) is 0 Å². The van der Waals surface area contributed by atoms with Gasteiger partial charge in [0.1, 0.15) is 0 Å². The van der Waals surface area contributed by atoms with Crippen LogP contribution < -0.4 is 11.1 Å². The van der Waals surface area contributed by atoms with Gasteiger partial charge in [0.25, 0.3) is 5.91 Å². The number of hydrogen-bond donors (Lipinski definition) is 2. The van der Waals surface area contributed by atoms with E-state index in [-0.39, 0.29) is 5.91 Å². The number of carbonyl (C=O) groups excluding carboxylic acids is 1. The van der Waals surface area contributed by atoms with E-state index in [0.29, 0.717) is 17.8 Å². The molecular weight excluding hydrogens is 248 g/mol. The molecule has 0 aliphatic carbocycles. The summed E-state index contributed by atoms with van der Waals surface area (Å²) in [7, 11) is 0. The zero-order chi connectivity index (χ0) is 14.4. The van der Waals surface area contributed by atoms with Crippen LogP contribution in [0.2, 0.25) is 0 Å². The maximum absolute atomic E-state index is 12.3. The van der Waals surface area contributed by atoms with Crippen molar-refractivity contribution < 1.29 is 4.79 Å². The minimum absolute atomic E-state index is 0.134. The van der Waals surface area contributed by atoms with Crippen molar-refractivity contribution in [1.29, 1.82) is 0 Å². The molecule has 0 atom stereocenters. The van der Waals surface area contributed by atoms with Gasteiger partial charge >= 0.3 is 0 Å². The topological polar surface area (TPSA) is 55.1 Å². The number of amides is 1. The van der Waals surface area contributed by atoms with Crippen molar-refractivity contribution in [2.24, 2.45) is 5.73 Å². The summed E-state index contributed by atoms with van der Waals surface area (Å²) in [5.74, 6) is 5.62. The zero-order valence-electron chi connectivity index (χ0n) is 11.3. The Kier molecular flexibility index (Phi) is 4.54. The van der Waals surface area contributed by atoms with E-state index < -0.39 is 0 Å². The van der Waals surface area contributed by atoms with Crippen molar-refractivity contribution >= 4 is 11.6 Å². The molecule has 0 saturated carbocycles. The van der Waals surface area contributed by atoms with Crippen molar-refractivity contribution in [1.82, 2.24) is 0 Å². The van der Waals surface area contributed by atoms with Crippen molar-refractivity contribution in [3.63, 3.8) is 0 Å². The molecule has 2 aromatic rings. The molecule has 0 fully saturated rings. The Bertz CT molecular complexity index is 681. The van der Waals surface area contributed by atoms with Crippen LogP contribution in [0.25, 0.3) is 0 Å². The highest BCUT2D eigenvalue weighted by Gasteiger charge is 2.09. The van der Waals surface area contributed by atoms with Gasteiger partial charge in [0.15, 0.2) is 0 Å². The molecule has 1 amide bonds. The van der Waals surface area contributed by atoms with Crippen LogP contribution in [0.5, 0.6) is 0 Å². The number of anilines is 1. The van der Waals surface area contributed by atoms with E-state index in [1.54, 1.807) is 6.07 Å². The number of benzene rings is 2. The average molecular weight is 264 g/mol.